The molecule has 1 fully saturated rings. The van der Waals surface area contributed by atoms with Gasteiger partial charge in [0.15, 0.2) is 5.82 Å². The monoisotopic (exact) mass is 660 g/mol. The van der Waals surface area contributed by atoms with E-state index in [0.29, 0.717) is 17.2 Å². The number of rotatable bonds is 12. The highest BCUT2D eigenvalue weighted by molar-refractivity contribution is 5.97. The first-order valence-corrected chi connectivity index (χ1v) is 16.1. The molecular formula is C35H44N6O7. The molecule has 4 rings (SSSR count). The van der Waals surface area contributed by atoms with E-state index in [1.807, 2.05) is 67.6 Å². The average molecular weight is 661 g/mol. The van der Waals surface area contributed by atoms with E-state index in [1.165, 1.54) is 5.06 Å². The lowest BCUT2D eigenvalue weighted by Crippen LogP contribution is -2.55. The summed E-state index contributed by atoms with van der Waals surface area (Å²) in [7, 11) is 0. The van der Waals surface area contributed by atoms with E-state index in [0.717, 1.165) is 5.56 Å². The molecule has 48 heavy (non-hydrogen) atoms. The molecule has 13 nitrogen and oxygen atoms in total. The molecule has 0 saturated carbocycles. The quantitative estimate of drug-likeness (QED) is 0.259. The number of piperazine rings is 1. The third-order valence-electron chi connectivity index (χ3n) is 7.33. The van der Waals surface area contributed by atoms with Crippen molar-refractivity contribution >= 4 is 29.8 Å². The topological polar surface area (TPSA) is 152 Å². The second-order valence-electron chi connectivity index (χ2n) is 12.3. The number of anilines is 1. The van der Waals surface area contributed by atoms with Gasteiger partial charge < -0.3 is 29.8 Å². The van der Waals surface area contributed by atoms with Crippen LogP contribution in [-0.4, -0.2) is 88.3 Å². The summed E-state index contributed by atoms with van der Waals surface area (Å²) in [5.74, 6) is -0.704. The van der Waals surface area contributed by atoms with Crippen molar-refractivity contribution < 1.29 is 33.5 Å². The predicted molar refractivity (Wildman–Crippen MR) is 179 cm³/mol. The largest absolute Gasteiger partial charge is 0.527 e. The number of esters is 1. The highest BCUT2D eigenvalue weighted by Gasteiger charge is 2.32. The van der Waals surface area contributed by atoms with Crippen LogP contribution < -0.4 is 10.6 Å². The molecule has 1 saturated heterocycles. The Kier molecular flexibility index (Phi) is 12.4. The molecule has 1 aliphatic heterocycles. The fourth-order valence-corrected chi connectivity index (χ4v) is 5.01. The maximum absolute atomic E-state index is 13.8. The lowest BCUT2D eigenvalue weighted by atomic mass is 10.1. The smallest absolute Gasteiger partial charge is 0.460 e. The van der Waals surface area contributed by atoms with Crippen LogP contribution in [0.15, 0.2) is 66.7 Å². The zero-order valence-electron chi connectivity index (χ0n) is 28.1. The molecule has 2 aromatic carbocycles. The van der Waals surface area contributed by atoms with Crippen LogP contribution in [0, 0.1) is 0 Å². The van der Waals surface area contributed by atoms with Gasteiger partial charge in [-0.2, -0.15) is 0 Å². The Morgan fingerprint density at radius 1 is 0.917 bits per heavy atom. The summed E-state index contributed by atoms with van der Waals surface area (Å²) in [6.45, 7) is 10.1. The number of carbonyl (C=O) groups excluding carboxylic acids is 4. The first kappa shape index (κ1) is 35.8. The van der Waals surface area contributed by atoms with E-state index in [9.17, 15) is 19.2 Å². The molecule has 2 N–H and O–H groups in total. The Balaban J connectivity index is 1.55. The van der Waals surface area contributed by atoms with Gasteiger partial charge in [-0.15, -0.1) is 5.06 Å². The number of nitrogens with zero attached hydrogens (tertiary/aromatic N) is 4. The number of hydrogen-bond donors (Lipinski definition) is 2. The van der Waals surface area contributed by atoms with Crippen LogP contribution in [0.25, 0.3) is 11.4 Å². The third kappa shape index (κ3) is 10.8. The molecule has 13 heteroatoms. The molecule has 0 aliphatic carbocycles. The number of carbonyl (C=O) groups is 4. The Labute approximate surface area is 280 Å². The van der Waals surface area contributed by atoms with E-state index in [-0.39, 0.29) is 63.3 Å². The van der Waals surface area contributed by atoms with Crippen LogP contribution in [-0.2, 0) is 23.9 Å². The van der Waals surface area contributed by atoms with Gasteiger partial charge >= 0.3 is 12.1 Å². The number of benzene rings is 2. The Morgan fingerprint density at radius 3 is 2.19 bits per heavy atom. The highest BCUT2D eigenvalue weighted by Crippen LogP contribution is 2.22. The van der Waals surface area contributed by atoms with Crippen LogP contribution in [0.4, 0.5) is 10.6 Å². The summed E-state index contributed by atoms with van der Waals surface area (Å²) in [6, 6.07) is 19.5. The molecular weight excluding hydrogens is 616 g/mol. The van der Waals surface area contributed by atoms with Gasteiger partial charge in [0.05, 0.1) is 19.7 Å². The van der Waals surface area contributed by atoms with Gasteiger partial charge in [-0.05, 0) is 46.6 Å². The molecule has 0 radical (unpaired) electrons. The van der Waals surface area contributed by atoms with Crippen LogP contribution >= 0.6 is 0 Å². The van der Waals surface area contributed by atoms with Crippen molar-refractivity contribution in [1.29, 1.82) is 0 Å². The number of ether oxygens (including phenoxy) is 2. The molecule has 0 bridgehead atoms. The maximum atomic E-state index is 13.8. The summed E-state index contributed by atoms with van der Waals surface area (Å²) in [5.41, 5.74) is 1.09. The van der Waals surface area contributed by atoms with E-state index < -0.39 is 29.7 Å². The van der Waals surface area contributed by atoms with E-state index in [2.05, 4.69) is 20.6 Å². The minimum Gasteiger partial charge on any atom is -0.460 e. The van der Waals surface area contributed by atoms with Gasteiger partial charge in [0.2, 0.25) is 5.91 Å². The second-order valence-corrected chi connectivity index (χ2v) is 12.3. The normalized spacial score (nSPS) is 14.7. The molecule has 0 spiro atoms. The van der Waals surface area contributed by atoms with E-state index in [1.54, 1.807) is 38.7 Å². The highest BCUT2D eigenvalue weighted by atomic mass is 16.8. The van der Waals surface area contributed by atoms with Crippen molar-refractivity contribution in [1.82, 2.24) is 25.2 Å². The molecule has 3 aromatic rings. The summed E-state index contributed by atoms with van der Waals surface area (Å²) in [6.07, 6.45) is -0.905. The Bertz CT molecular complexity index is 1540. The van der Waals surface area contributed by atoms with Crippen LogP contribution in [0.1, 0.15) is 69.6 Å². The van der Waals surface area contributed by atoms with Crippen molar-refractivity contribution in [3.8, 4) is 11.4 Å². The lowest BCUT2D eigenvalue weighted by molar-refractivity contribution is -0.158. The zero-order chi connectivity index (χ0) is 34.7. The number of hydrogen-bond acceptors (Lipinski definition) is 11. The minimum absolute atomic E-state index is 0.00576. The maximum Gasteiger partial charge on any atom is 0.527 e. The molecule has 1 aromatic heterocycles. The van der Waals surface area contributed by atoms with Crippen molar-refractivity contribution in [3.63, 3.8) is 0 Å². The number of aromatic nitrogens is 2. The molecule has 2 amide bonds. The summed E-state index contributed by atoms with van der Waals surface area (Å²) >= 11 is 0. The van der Waals surface area contributed by atoms with Crippen LogP contribution in [0.2, 0.25) is 0 Å². The fourth-order valence-electron chi connectivity index (χ4n) is 5.01. The number of hydroxylamine groups is 2. The van der Waals surface area contributed by atoms with Crippen LogP contribution in [0.5, 0.6) is 0 Å². The van der Waals surface area contributed by atoms with E-state index in [4.69, 9.17) is 14.3 Å². The van der Waals surface area contributed by atoms with Crippen LogP contribution in [0.3, 0.4) is 0 Å². The predicted octanol–water partition coefficient (Wildman–Crippen LogP) is 4.77. The van der Waals surface area contributed by atoms with Crippen molar-refractivity contribution in [3.05, 3.63) is 78.0 Å². The van der Waals surface area contributed by atoms with Gasteiger partial charge in [-0.3, -0.25) is 14.4 Å². The fraction of sp³-hybridized carbons (Fsp3) is 0.429. The average Bonchev–Trinajstić information content (AvgIpc) is 3.06. The molecule has 256 valence electrons. The van der Waals surface area contributed by atoms with Gasteiger partial charge in [-0.25, -0.2) is 14.8 Å². The second kappa shape index (κ2) is 16.7. The first-order chi connectivity index (χ1) is 22.9. The van der Waals surface area contributed by atoms with E-state index >= 15 is 0 Å². The lowest BCUT2D eigenvalue weighted by Gasteiger charge is -2.35. The Morgan fingerprint density at radius 2 is 1.56 bits per heavy atom. The third-order valence-corrected chi connectivity index (χ3v) is 7.33. The van der Waals surface area contributed by atoms with Gasteiger partial charge in [-0.1, -0.05) is 60.7 Å². The SMILES string of the molecule is CCOC(=O)ON1CCN(C(=O)[C@H](CCC(=O)OC(C)(C)C)NC(=O)c2cc(N[C@H](C)c3ccccc3)nc(-c3ccccc3)n2)CC1. The summed E-state index contributed by atoms with van der Waals surface area (Å²) in [4.78, 5) is 68.0. The number of nitrogens with one attached hydrogen (secondary N) is 2. The Hall–Kier alpha value is -5.04. The molecule has 2 heterocycles. The summed E-state index contributed by atoms with van der Waals surface area (Å²) < 4.78 is 10.3. The molecule has 2 atom stereocenters. The van der Waals surface area contributed by atoms with Crippen molar-refractivity contribution in [2.45, 2.75) is 65.1 Å². The van der Waals surface area contributed by atoms with Gasteiger partial charge in [0, 0.05) is 37.2 Å². The minimum atomic E-state index is -1.06. The zero-order valence-corrected chi connectivity index (χ0v) is 28.1. The summed E-state index contributed by atoms with van der Waals surface area (Å²) in [5, 5.41) is 7.61. The first-order valence-electron chi connectivity index (χ1n) is 16.1. The molecule has 0 unspecified atom stereocenters. The van der Waals surface area contributed by atoms with Crippen molar-refractivity contribution in [2.24, 2.45) is 0 Å². The van der Waals surface area contributed by atoms with Gasteiger partial charge in [0.25, 0.3) is 5.91 Å². The van der Waals surface area contributed by atoms with Crippen molar-refractivity contribution in [2.75, 3.05) is 38.1 Å². The standard InChI is InChI=1S/C35H44N6O7/c1-6-46-34(45)48-41-21-19-40(20-22-41)33(44)27(17-18-30(42)47-35(3,4)5)38-32(43)28-23-29(36-24(2)25-13-9-7-10-14-25)39-31(37-28)26-15-11-8-12-16-26/h7-16,23-24,27H,6,17-22H2,1-5H3,(H,38,43)(H,36,37,39)/t24-,27+/m1/s1. The number of amides is 2. The van der Waals surface area contributed by atoms with Gasteiger partial charge in [0.1, 0.15) is 23.2 Å². The molecule has 1 aliphatic rings.